The monoisotopic (exact) mass is 881 g/mol. The lowest BCUT2D eigenvalue weighted by Crippen LogP contribution is -2.09. The first-order chi connectivity index (χ1) is 31.4. The Morgan fingerprint density at radius 1 is 0.406 bits per heavy atom. The van der Waals surface area contributed by atoms with Gasteiger partial charge in [0.25, 0.3) is 0 Å². The third-order valence-electron chi connectivity index (χ3n) is 11.4. The van der Waals surface area contributed by atoms with E-state index < -0.39 is 5.97 Å². The molecular formula is C56H80O8. The largest absolute Gasteiger partial charge is 0.490 e. The van der Waals surface area contributed by atoms with Gasteiger partial charge < -0.3 is 33.2 Å². The van der Waals surface area contributed by atoms with Gasteiger partial charge in [0.2, 0.25) is 0 Å². The maximum Gasteiger partial charge on any atom is 0.333 e. The van der Waals surface area contributed by atoms with Gasteiger partial charge in [0, 0.05) is 12.0 Å². The van der Waals surface area contributed by atoms with Crippen LogP contribution in [-0.4, -0.2) is 52.2 Å². The Bertz CT molecular complexity index is 1970. The minimum atomic E-state index is -0.398. The molecule has 0 aliphatic rings. The molecule has 0 radical (unpaired) electrons. The smallest absolute Gasteiger partial charge is 0.333 e. The summed E-state index contributed by atoms with van der Waals surface area (Å²) in [6.07, 6.45) is 24.8. The maximum absolute atomic E-state index is 12.1. The van der Waals surface area contributed by atoms with Gasteiger partial charge >= 0.3 is 5.97 Å². The zero-order valence-electron chi connectivity index (χ0n) is 40.1. The van der Waals surface area contributed by atoms with Crippen LogP contribution < -0.4 is 28.4 Å². The number of benzene rings is 4. The summed E-state index contributed by atoms with van der Waals surface area (Å²) in [4.78, 5) is 12.1. The van der Waals surface area contributed by atoms with Gasteiger partial charge in [0.1, 0.15) is 0 Å². The van der Waals surface area contributed by atoms with Crippen LogP contribution in [0.25, 0.3) is 32.3 Å². The van der Waals surface area contributed by atoms with Crippen LogP contribution in [0.15, 0.2) is 73.9 Å². The lowest BCUT2D eigenvalue weighted by molar-refractivity contribution is -0.139. The molecule has 0 fully saturated rings. The Morgan fingerprint density at radius 2 is 0.672 bits per heavy atom. The van der Waals surface area contributed by atoms with E-state index in [1.54, 1.807) is 6.92 Å². The van der Waals surface area contributed by atoms with Crippen LogP contribution in [0.1, 0.15) is 156 Å². The second-order valence-corrected chi connectivity index (χ2v) is 17.0. The third kappa shape index (κ3) is 16.9. The summed E-state index contributed by atoms with van der Waals surface area (Å²) in [6.45, 7) is 23.3. The molecule has 0 atom stereocenters. The van der Waals surface area contributed by atoms with Crippen LogP contribution >= 0.6 is 0 Å². The number of fused-ring (bicyclic) bond motifs is 6. The topological polar surface area (TPSA) is 81.7 Å². The van der Waals surface area contributed by atoms with Gasteiger partial charge in [-0.2, -0.15) is 0 Å². The summed E-state index contributed by atoms with van der Waals surface area (Å²) in [7, 11) is 0. The van der Waals surface area contributed by atoms with Gasteiger partial charge in [-0.15, -0.1) is 13.2 Å². The highest BCUT2D eigenvalue weighted by molar-refractivity contribution is 6.26. The number of carbonyl (C=O) groups is 1. The van der Waals surface area contributed by atoms with E-state index in [2.05, 4.69) is 76.9 Å². The second kappa shape index (κ2) is 30.3. The molecule has 0 aliphatic carbocycles. The van der Waals surface area contributed by atoms with Crippen LogP contribution in [0.4, 0.5) is 0 Å². The van der Waals surface area contributed by atoms with Crippen LogP contribution in [0.5, 0.6) is 34.5 Å². The molecule has 8 nitrogen and oxygen atoms in total. The zero-order chi connectivity index (χ0) is 45.8. The third-order valence-corrected chi connectivity index (χ3v) is 11.4. The molecule has 0 saturated carbocycles. The van der Waals surface area contributed by atoms with Gasteiger partial charge in [-0.1, -0.05) is 104 Å². The van der Waals surface area contributed by atoms with Crippen LogP contribution in [-0.2, 0) is 9.53 Å². The number of esters is 1. The number of hydrogen-bond donors (Lipinski definition) is 0. The number of unbranched alkanes of at least 4 members (excludes halogenated alkanes) is 14. The molecule has 8 heteroatoms. The molecule has 4 aromatic rings. The Hall–Kier alpha value is -4.85. The fourth-order valence-corrected chi connectivity index (χ4v) is 7.68. The lowest BCUT2D eigenvalue weighted by Gasteiger charge is -2.21. The molecule has 4 aromatic carbocycles. The molecule has 0 aliphatic heterocycles. The first-order valence-corrected chi connectivity index (χ1v) is 24.7. The van der Waals surface area contributed by atoms with Crippen LogP contribution in [0.2, 0.25) is 0 Å². The van der Waals surface area contributed by atoms with Crippen molar-refractivity contribution in [3.05, 3.63) is 73.9 Å². The molecule has 0 N–H and O–H groups in total. The molecule has 0 heterocycles. The highest BCUT2D eigenvalue weighted by Gasteiger charge is 2.21. The van der Waals surface area contributed by atoms with Gasteiger partial charge in [-0.3, -0.25) is 0 Å². The summed E-state index contributed by atoms with van der Waals surface area (Å²) in [5, 5.41) is 6.16. The predicted molar refractivity (Wildman–Crippen MR) is 267 cm³/mol. The second-order valence-electron chi connectivity index (χ2n) is 17.0. The van der Waals surface area contributed by atoms with E-state index in [9.17, 15) is 4.79 Å². The van der Waals surface area contributed by atoms with Crippen molar-refractivity contribution in [3.8, 4) is 34.5 Å². The number of hydrogen-bond acceptors (Lipinski definition) is 8. The van der Waals surface area contributed by atoms with E-state index in [1.807, 2.05) is 12.2 Å². The zero-order valence-corrected chi connectivity index (χ0v) is 40.1. The molecule has 64 heavy (non-hydrogen) atoms. The SMILES string of the molecule is C=CCCCCCCOc1cc2c(cc1OCCCCC)c1cc(OCCCCCCC=C)c(OCCCCC)cc1c1cc(OCCCOC(=O)C(=C)C)c(OCCCCC)cc21. The van der Waals surface area contributed by atoms with E-state index in [0.29, 0.717) is 63.1 Å². The van der Waals surface area contributed by atoms with Crippen molar-refractivity contribution in [3.63, 3.8) is 0 Å². The van der Waals surface area contributed by atoms with Crippen molar-refractivity contribution in [2.24, 2.45) is 0 Å². The molecular weight excluding hydrogens is 801 g/mol. The van der Waals surface area contributed by atoms with Gasteiger partial charge in [-0.05, 0) is 133 Å². The van der Waals surface area contributed by atoms with Gasteiger partial charge in [0.15, 0.2) is 34.5 Å². The first kappa shape index (κ1) is 51.8. The Kier molecular flexibility index (Phi) is 24.5. The molecule has 0 spiro atoms. The molecule has 0 amide bonds. The van der Waals surface area contributed by atoms with Crippen molar-refractivity contribution in [1.29, 1.82) is 0 Å². The fourth-order valence-electron chi connectivity index (χ4n) is 7.68. The highest BCUT2D eigenvalue weighted by Crippen LogP contribution is 2.47. The van der Waals surface area contributed by atoms with E-state index in [1.165, 1.54) is 0 Å². The Labute approximate surface area is 385 Å². The summed E-state index contributed by atoms with van der Waals surface area (Å²) < 4.78 is 44.9. The average Bonchev–Trinajstić information content (AvgIpc) is 3.30. The minimum absolute atomic E-state index is 0.232. The number of allylic oxidation sites excluding steroid dienone is 2. The van der Waals surface area contributed by atoms with Crippen molar-refractivity contribution in [1.82, 2.24) is 0 Å². The quantitative estimate of drug-likeness (QED) is 0.0146. The van der Waals surface area contributed by atoms with Crippen LogP contribution in [0, 0.1) is 0 Å². The van der Waals surface area contributed by atoms with Gasteiger partial charge in [-0.25, -0.2) is 4.79 Å². The van der Waals surface area contributed by atoms with Gasteiger partial charge in [0.05, 0.1) is 46.2 Å². The fraction of sp³-hybridized carbons (Fsp3) is 0.554. The summed E-state index contributed by atoms with van der Waals surface area (Å²) >= 11 is 0. The lowest BCUT2D eigenvalue weighted by atomic mass is 9.93. The molecule has 4 rings (SSSR count). The Morgan fingerprint density at radius 3 is 0.938 bits per heavy atom. The molecule has 0 aromatic heterocycles. The molecule has 352 valence electrons. The van der Waals surface area contributed by atoms with Crippen molar-refractivity contribution < 1.29 is 38.0 Å². The molecule has 0 bridgehead atoms. The number of ether oxygens (including phenoxy) is 7. The standard InChI is InChI=1S/C56H80O8/c1-8-13-18-20-22-27-33-61-52-39-46-44-37-50(58-30-24-15-10-3)53(62-34-28-23-21-19-14-9-2)40-47(44)48-41-54(60-32-26-17-12-5)55(63-35-29-36-64-56(57)43(6)7)42-49(48)45(46)38-51(52)59-31-25-16-11-4/h8-9,37-42H,1-2,6,10-36H2,3-5,7H3. The van der Waals surface area contributed by atoms with Crippen molar-refractivity contribution >= 4 is 38.3 Å². The maximum atomic E-state index is 12.1. The van der Waals surface area contributed by atoms with E-state index in [-0.39, 0.29) is 6.61 Å². The normalized spacial score (nSPS) is 11.2. The number of rotatable bonds is 37. The first-order valence-electron chi connectivity index (χ1n) is 24.7. The summed E-state index contributed by atoms with van der Waals surface area (Å²) in [6, 6.07) is 12.9. The summed E-state index contributed by atoms with van der Waals surface area (Å²) in [5.41, 5.74) is 0.377. The predicted octanol–water partition coefficient (Wildman–Crippen LogP) is 15.8. The van der Waals surface area contributed by atoms with E-state index >= 15 is 0 Å². The summed E-state index contributed by atoms with van der Waals surface area (Å²) in [5.74, 6) is 3.90. The minimum Gasteiger partial charge on any atom is -0.490 e. The Balaban J connectivity index is 1.91. The van der Waals surface area contributed by atoms with E-state index in [4.69, 9.17) is 33.2 Å². The van der Waals surface area contributed by atoms with Crippen molar-refractivity contribution in [2.45, 2.75) is 156 Å². The van der Waals surface area contributed by atoms with Crippen LogP contribution in [0.3, 0.4) is 0 Å². The molecule has 0 saturated heterocycles. The number of carbonyl (C=O) groups excluding carboxylic acids is 1. The average molecular weight is 881 g/mol. The van der Waals surface area contributed by atoms with Crippen molar-refractivity contribution in [2.75, 3.05) is 46.2 Å². The molecule has 0 unspecified atom stereocenters. The highest BCUT2D eigenvalue weighted by atomic mass is 16.5. The van der Waals surface area contributed by atoms with E-state index in [0.717, 1.165) is 177 Å².